The molecular formula is C19H20O8. The SMILES string of the molecule is COC(=O)c1cc2c(cc1C(=O)OC)C1CC2C(C(=O)OC)C1C(=O)OC. The molecule has 1 saturated carbocycles. The van der Waals surface area contributed by atoms with Gasteiger partial charge in [-0.05, 0) is 41.5 Å². The maximum atomic E-state index is 12.3. The zero-order valence-electron chi connectivity index (χ0n) is 15.4. The lowest BCUT2D eigenvalue weighted by Crippen LogP contribution is -2.35. The van der Waals surface area contributed by atoms with Gasteiger partial charge in [0.2, 0.25) is 0 Å². The molecule has 8 nitrogen and oxygen atoms in total. The van der Waals surface area contributed by atoms with E-state index >= 15 is 0 Å². The highest BCUT2D eigenvalue weighted by atomic mass is 16.5. The van der Waals surface area contributed by atoms with E-state index in [1.807, 2.05) is 0 Å². The van der Waals surface area contributed by atoms with Crippen molar-refractivity contribution in [1.29, 1.82) is 0 Å². The van der Waals surface area contributed by atoms with E-state index in [2.05, 4.69) is 0 Å². The minimum Gasteiger partial charge on any atom is -0.469 e. The molecule has 2 aliphatic carbocycles. The maximum Gasteiger partial charge on any atom is 0.338 e. The van der Waals surface area contributed by atoms with Crippen LogP contribution in [0.25, 0.3) is 0 Å². The van der Waals surface area contributed by atoms with E-state index in [0.717, 1.165) is 11.1 Å². The normalized spacial score (nSPS) is 24.7. The number of rotatable bonds is 4. The van der Waals surface area contributed by atoms with Crippen molar-refractivity contribution < 1.29 is 38.1 Å². The van der Waals surface area contributed by atoms with Crippen LogP contribution in [0.4, 0.5) is 0 Å². The molecule has 0 radical (unpaired) electrons. The molecule has 4 unspecified atom stereocenters. The molecule has 4 atom stereocenters. The van der Waals surface area contributed by atoms with Gasteiger partial charge in [-0.3, -0.25) is 9.59 Å². The highest BCUT2D eigenvalue weighted by Crippen LogP contribution is 2.60. The Balaban J connectivity index is 2.17. The highest BCUT2D eigenvalue weighted by Gasteiger charge is 2.58. The van der Waals surface area contributed by atoms with E-state index < -0.39 is 35.7 Å². The summed E-state index contributed by atoms with van der Waals surface area (Å²) in [5.41, 5.74) is 1.61. The molecule has 2 aliphatic rings. The fraction of sp³-hybridized carbons (Fsp3) is 0.474. The van der Waals surface area contributed by atoms with E-state index in [-0.39, 0.29) is 23.0 Å². The number of esters is 4. The average molecular weight is 376 g/mol. The molecule has 0 heterocycles. The van der Waals surface area contributed by atoms with E-state index in [1.54, 1.807) is 12.1 Å². The van der Waals surface area contributed by atoms with Crippen molar-refractivity contribution in [2.75, 3.05) is 28.4 Å². The molecule has 0 saturated heterocycles. The number of methoxy groups -OCH3 is 4. The molecule has 2 bridgehead atoms. The predicted octanol–water partition coefficient (Wildman–Crippen LogP) is 1.42. The van der Waals surface area contributed by atoms with Crippen LogP contribution in [-0.2, 0) is 28.5 Å². The number of hydrogen-bond donors (Lipinski definition) is 0. The number of benzene rings is 1. The molecule has 144 valence electrons. The molecule has 8 heteroatoms. The molecular weight excluding hydrogens is 356 g/mol. The van der Waals surface area contributed by atoms with Crippen LogP contribution >= 0.6 is 0 Å². The van der Waals surface area contributed by atoms with Crippen molar-refractivity contribution >= 4 is 23.9 Å². The summed E-state index contributed by atoms with van der Waals surface area (Å²) in [6.45, 7) is 0. The van der Waals surface area contributed by atoms with Crippen molar-refractivity contribution in [3.05, 3.63) is 34.4 Å². The van der Waals surface area contributed by atoms with Crippen molar-refractivity contribution in [1.82, 2.24) is 0 Å². The zero-order chi connectivity index (χ0) is 19.9. The molecule has 0 aliphatic heterocycles. The predicted molar refractivity (Wildman–Crippen MR) is 90.2 cm³/mol. The summed E-state index contributed by atoms with van der Waals surface area (Å²) >= 11 is 0. The van der Waals surface area contributed by atoms with E-state index in [4.69, 9.17) is 18.9 Å². The fourth-order valence-corrected chi connectivity index (χ4v) is 4.44. The van der Waals surface area contributed by atoms with Gasteiger partial charge < -0.3 is 18.9 Å². The smallest absolute Gasteiger partial charge is 0.338 e. The highest BCUT2D eigenvalue weighted by molar-refractivity contribution is 6.04. The lowest BCUT2D eigenvalue weighted by molar-refractivity contribution is -0.157. The lowest BCUT2D eigenvalue weighted by Gasteiger charge is -2.29. The summed E-state index contributed by atoms with van der Waals surface area (Å²) in [4.78, 5) is 49.0. The number of carbonyl (C=O) groups is 4. The fourth-order valence-electron chi connectivity index (χ4n) is 4.44. The Morgan fingerprint density at radius 1 is 0.704 bits per heavy atom. The van der Waals surface area contributed by atoms with Crippen LogP contribution in [0.2, 0.25) is 0 Å². The van der Waals surface area contributed by atoms with Gasteiger partial charge >= 0.3 is 23.9 Å². The third kappa shape index (κ3) is 2.75. The third-order valence-corrected chi connectivity index (χ3v) is 5.54. The number of hydrogen-bond acceptors (Lipinski definition) is 8. The van der Waals surface area contributed by atoms with Crippen molar-refractivity contribution in [2.24, 2.45) is 11.8 Å². The lowest BCUT2D eigenvalue weighted by atomic mass is 9.74. The third-order valence-electron chi connectivity index (χ3n) is 5.54. The molecule has 0 N–H and O–H groups in total. The van der Waals surface area contributed by atoms with Gasteiger partial charge in [-0.1, -0.05) is 0 Å². The summed E-state index contributed by atoms with van der Waals surface area (Å²) in [7, 11) is 4.97. The standard InChI is InChI=1S/C19H20O8/c1-24-16(20)12-5-8-9(6-13(12)17(21)25-2)11-7-10(8)14(18(22)26-3)15(11)19(23)27-4/h5-6,10-11,14-15H,7H2,1-4H3. The molecule has 3 rings (SSSR count). The quantitative estimate of drug-likeness (QED) is 0.574. The van der Waals surface area contributed by atoms with Gasteiger partial charge in [0.25, 0.3) is 0 Å². The summed E-state index contributed by atoms with van der Waals surface area (Å²) in [5, 5.41) is 0. The van der Waals surface area contributed by atoms with Crippen LogP contribution in [0.5, 0.6) is 0 Å². The summed E-state index contributed by atoms with van der Waals surface area (Å²) in [6, 6.07) is 3.11. The Morgan fingerprint density at radius 3 is 1.37 bits per heavy atom. The molecule has 0 spiro atoms. The van der Waals surface area contributed by atoms with Gasteiger partial charge in [-0.15, -0.1) is 0 Å². The second-order valence-electron chi connectivity index (χ2n) is 6.56. The van der Waals surface area contributed by atoms with Gasteiger partial charge in [-0.25, -0.2) is 9.59 Å². The van der Waals surface area contributed by atoms with Crippen LogP contribution in [-0.4, -0.2) is 52.3 Å². The van der Waals surface area contributed by atoms with Crippen LogP contribution < -0.4 is 0 Å². The minimum atomic E-state index is -0.700. The monoisotopic (exact) mass is 376 g/mol. The van der Waals surface area contributed by atoms with E-state index in [9.17, 15) is 19.2 Å². The summed E-state index contributed by atoms with van der Waals surface area (Å²) < 4.78 is 19.3. The van der Waals surface area contributed by atoms with Crippen LogP contribution in [0.1, 0.15) is 50.1 Å². The number of carbonyl (C=O) groups excluding carboxylic acids is 4. The first-order valence-electron chi connectivity index (χ1n) is 8.39. The van der Waals surface area contributed by atoms with Gasteiger partial charge in [0.1, 0.15) is 0 Å². The van der Waals surface area contributed by atoms with E-state index in [0.29, 0.717) is 6.42 Å². The average Bonchev–Trinajstić information content (AvgIpc) is 3.26. The summed E-state index contributed by atoms with van der Waals surface area (Å²) in [6.07, 6.45) is 0.528. The second-order valence-corrected chi connectivity index (χ2v) is 6.56. The Hall–Kier alpha value is -2.90. The van der Waals surface area contributed by atoms with E-state index in [1.165, 1.54) is 28.4 Å². The molecule has 0 amide bonds. The maximum absolute atomic E-state index is 12.3. The summed E-state index contributed by atoms with van der Waals surface area (Å²) in [5.74, 6) is -4.38. The largest absolute Gasteiger partial charge is 0.469 e. The van der Waals surface area contributed by atoms with Crippen molar-refractivity contribution in [3.63, 3.8) is 0 Å². The first kappa shape index (κ1) is 18.9. The first-order valence-corrected chi connectivity index (χ1v) is 8.39. The van der Waals surface area contributed by atoms with Crippen LogP contribution in [0.15, 0.2) is 12.1 Å². The van der Waals surface area contributed by atoms with Crippen LogP contribution in [0.3, 0.4) is 0 Å². The molecule has 27 heavy (non-hydrogen) atoms. The molecule has 0 aromatic heterocycles. The second kappa shape index (κ2) is 7.02. The zero-order valence-corrected chi connectivity index (χ0v) is 15.4. The minimum absolute atomic E-state index is 0.0638. The van der Waals surface area contributed by atoms with Gasteiger partial charge in [0.15, 0.2) is 0 Å². The van der Waals surface area contributed by atoms with Gasteiger partial charge in [0, 0.05) is 0 Å². The van der Waals surface area contributed by atoms with Crippen molar-refractivity contribution in [2.45, 2.75) is 18.3 Å². The van der Waals surface area contributed by atoms with Crippen LogP contribution in [0, 0.1) is 11.8 Å². The number of fused-ring (bicyclic) bond motifs is 5. The Labute approximate surface area is 155 Å². The van der Waals surface area contributed by atoms with Gasteiger partial charge in [0.05, 0.1) is 51.4 Å². The Kier molecular flexibility index (Phi) is 4.91. The van der Waals surface area contributed by atoms with Gasteiger partial charge in [-0.2, -0.15) is 0 Å². The van der Waals surface area contributed by atoms with Crippen molar-refractivity contribution in [3.8, 4) is 0 Å². The molecule has 1 aromatic carbocycles. The molecule has 1 aromatic rings. The Morgan fingerprint density at radius 2 is 1.07 bits per heavy atom. The molecule has 1 fully saturated rings. The number of ether oxygens (including phenoxy) is 4. The first-order chi connectivity index (χ1) is 12.9. The topological polar surface area (TPSA) is 105 Å². The Bertz CT molecular complexity index is 760.